The molecule has 2 aliphatic heterocycles. The molecule has 2 aromatic rings. The summed E-state index contributed by atoms with van der Waals surface area (Å²) in [6.45, 7) is -0.225. The summed E-state index contributed by atoms with van der Waals surface area (Å²) in [5.74, 6) is -2.87. The lowest BCUT2D eigenvalue weighted by Crippen LogP contribution is -2.54. The van der Waals surface area contributed by atoms with E-state index in [0.29, 0.717) is 16.8 Å². The van der Waals surface area contributed by atoms with Crippen LogP contribution in [0.15, 0.2) is 36.4 Å². The van der Waals surface area contributed by atoms with E-state index in [-0.39, 0.29) is 37.1 Å². The van der Waals surface area contributed by atoms with Crippen molar-refractivity contribution in [3.63, 3.8) is 0 Å². The molecule has 0 saturated carbocycles. The van der Waals surface area contributed by atoms with Gasteiger partial charge in [-0.3, -0.25) is 29.4 Å². The second-order valence-corrected chi connectivity index (χ2v) is 7.11. The Morgan fingerprint density at radius 2 is 1.93 bits per heavy atom. The fraction of sp³-hybridized carbons (Fsp3) is 0.238. The van der Waals surface area contributed by atoms with Gasteiger partial charge in [0.05, 0.1) is 17.7 Å². The Labute approximate surface area is 170 Å². The molecule has 2 heterocycles. The molecule has 1 saturated heterocycles. The predicted molar refractivity (Wildman–Crippen MR) is 103 cm³/mol. The lowest BCUT2D eigenvalue weighted by Gasteiger charge is -2.27. The molecule has 4 rings (SSSR count). The molecule has 30 heavy (non-hydrogen) atoms. The lowest BCUT2D eigenvalue weighted by molar-refractivity contribution is -0.136. The highest BCUT2D eigenvalue weighted by Gasteiger charge is 2.45. The molecule has 1 unspecified atom stereocenters. The van der Waals surface area contributed by atoms with E-state index in [1.807, 2.05) is 0 Å². The van der Waals surface area contributed by atoms with Crippen LogP contribution in [0.1, 0.15) is 44.7 Å². The highest BCUT2D eigenvalue weighted by molar-refractivity contribution is 6.25. The first-order chi connectivity index (χ1) is 14.4. The van der Waals surface area contributed by atoms with Gasteiger partial charge in [0.2, 0.25) is 11.8 Å². The number of amides is 4. The normalized spacial score (nSPS) is 18.5. The summed E-state index contributed by atoms with van der Waals surface area (Å²) >= 11 is 0. The van der Waals surface area contributed by atoms with Crippen molar-refractivity contribution in [1.82, 2.24) is 10.2 Å². The van der Waals surface area contributed by atoms with Crippen LogP contribution in [0.3, 0.4) is 0 Å². The molecule has 2 aromatic carbocycles. The van der Waals surface area contributed by atoms with E-state index in [1.54, 1.807) is 18.2 Å². The molecule has 1 fully saturated rings. The van der Waals surface area contributed by atoms with E-state index in [0.717, 1.165) is 4.90 Å². The molecule has 4 amide bonds. The van der Waals surface area contributed by atoms with Gasteiger partial charge in [-0.2, -0.15) is 0 Å². The smallest absolute Gasteiger partial charge is 0.264 e. The highest BCUT2D eigenvalue weighted by atomic mass is 19.1. The second-order valence-electron chi connectivity index (χ2n) is 7.11. The van der Waals surface area contributed by atoms with Gasteiger partial charge in [-0.15, -0.1) is 0 Å². The monoisotopic (exact) mass is 411 g/mol. The summed E-state index contributed by atoms with van der Waals surface area (Å²) in [5.41, 5.74) is 1.36. The van der Waals surface area contributed by atoms with Crippen molar-refractivity contribution in [1.29, 1.82) is 0 Å². The summed E-state index contributed by atoms with van der Waals surface area (Å²) < 4.78 is 14.2. The number of rotatable bonds is 5. The Morgan fingerprint density at radius 1 is 1.13 bits per heavy atom. The Bertz CT molecular complexity index is 1080. The predicted octanol–water partition coefficient (Wildman–Crippen LogP) is 1.33. The van der Waals surface area contributed by atoms with Gasteiger partial charge in [0, 0.05) is 24.2 Å². The van der Waals surface area contributed by atoms with E-state index in [2.05, 4.69) is 10.6 Å². The number of halogens is 1. The van der Waals surface area contributed by atoms with Crippen molar-refractivity contribution in [2.75, 3.05) is 5.32 Å². The van der Waals surface area contributed by atoms with Crippen LogP contribution in [0.2, 0.25) is 0 Å². The molecule has 2 aliphatic rings. The van der Waals surface area contributed by atoms with E-state index < -0.39 is 35.5 Å². The Balaban J connectivity index is 1.59. The second kappa shape index (κ2) is 7.68. The van der Waals surface area contributed by atoms with Gasteiger partial charge in [-0.05, 0) is 30.2 Å². The topological polar surface area (TPSA) is 116 Å². The quantitative estimate of drug-likeness (QED) is 0.640. The molecule has 3 N–H and O–H groups in total. The van der Waals surface area contributed by atoms with Crippen LogP contribution >= 0.6 is 0 Å². The number of piperidine rings is 1. The molecule has 8 nitrogen and oxygen atoms in total. The number of nitrogens with zero attached hydrogens (tertiary/aromatic N) is 1. The van der Waals surface area contributed by atoms with Crippen LogP contribution in [0.4, 0.5) is 10.1 Å². The fourth-order valence-electron chi connectivity index (χ4n) is 3.69. The first-order valence-electron chi connectivity index (χ1n) is 9.37. The minimum atomic E-state index is -1.05. The molecular formula is C21H18FN3O5. The van der Waals surface area contributed by atoms with Crippen molar-refractivity contribution in [3.8, 4) is 0 Å². The van der Waals surface area contributed by atoms with Crippen molar-refractivity contribution >= 4 is 29.3 Å². The molecule has 1 atom stereocenters. The number of carbonyl (C=O) groups is 4. The van der Waals surface area contributed by atoms with Crippen LogP contribution in [0.25, 0.3) is 0 Å². The minimum absolute atomic E-state index is 0.0397. The summed E-state index contributed by atoms with van der Waals surface area (Å²) in [6.07, 6.45) is 0.110. The number of imide groups is 2. The van der Waals surface area contributed by atoms with Gasteiger partial charge in [0.25, 0.3) is 11.8 Å². The number of benzene rings is 2. The number of aliphatic hydroxyl groups is 1. The molecule has 154 valence electrons. The SMILES string of the molecule is O=C1CCC(N2C(=O)c3cccc(NCc4ccc(CO)cc4F)c3C2=O)C(=O)N1. The van der Waals surface area contributed by atoms with E-state index >= 15 is 0 Å². The largest absolute Gasteiger partial charge is 0.392 e. The van der Waals surface area contributed by atoms with E-state index in [9.17, 15) is 23.6 Å². The third kappa shape index (κ3) is 3.33. The van der Waals surface area contributed by atoms with Gasteiger partial charge < -0.3 is 10.4 Å². The average molecular weight is 411 g/mol. The molecule has 9 heteroatoms. The average Bonchev–Trinajstić information content (AvgIpc) is 2.98. The van der Waals surface area contributed by atoms with Crippen LogP contribution in [-0.2, 0) is 22.7 Å². The first-order valence-corrected chi connectivity index (χ1v) is 9.37. The fourth-order valence-corrected chi connectivity index (χ4v) is 3.69. The minimum Gasteiger partial charge on any atom is -0.392 e. The third-order valence-corrected chi connectivity index (χ3v) is 5.24. The number of hydrogen-bond donors (Lipinski definition) is 3. The van der Waals surface area contributed by atoms with Crippen molar-refractivity contribution in [2.24, 2.45) is 0 Å². The van der Waals surface area contributed by atoms with Gasteiger partial charge in [-0.1, -0.05) is 18.2 Å². The summed E-state index contributed by atoms with van der Waals surface area (Å²) in [6, 6.07) is 7.97. The zero-order valence-electron chi connectivity index (χ0n) is 15.8. The van der Waals surface area contributed by atoms with Crippen LogP contribution < -0.4 is 10.6 Å². The highest BCUT2D eigenvalue weighted by Crippen LogP contribution is 2.32. The Kier molecular flexibility index (Phi) is 5.04. The van der Waals surface area contributed by atoms with E-state index in [1.165, 1.54) is 18.2 Å². The van der Waals surface area contributed by atoms with Crippen LogP contribution in [-0.4, -0.2) is 39.7 Å². The number of hydrogen-bond acceptors (Lipinski definition) is 6. The number of aliphatic hydroxyl groups excluding tert-OH is 1. The van der Waals surface area contributed by atoms with Gasteiger partial charge in [-0.25, -0.2) is 4.39 Å². The van der Waals surface area contributed by atoms with Gasteiger partial charge in [0.1, 0.15) is 11.9 Å². The van der Waals surface area contributed by atoms with E-state index in [4.69, 9.17) is 5.11 Å². The van der Waals surface area contributed by atoms with Crippen molar-refractivity contribution in [2.45, 2.75) is 32.0 Å². The summed E-state index contributed by atoms with van der Waals surface area (Å²) in [4.78, 5) is 50.3. The van der Waals surface area contributed by atoms with Crippen LogP contribution in [0.5, 0.6) is 0 Å². The maximum atomic E-state index is 14.2. The zero-order valence-corrected chi connectivity index (χ0v) is 15.8. The Hall–Kier alpha value is -3.59. The lowest BCUT2D eigenvalue weighted by atomic mass is 10.0. The maximum Gasteiger partial charge on any atom is 0.264 e. The number of nitrogens with one attached hydrogen (secondary N) is 2. The maximum absolute atomic E-state index is 14.2. The van der Waals surface area contributed by atoms with Gasteiger partial charge >= 0.3 is 0 Å². The zero-order chi connectivity index (χ0) is 21.4. The van der Waals surface area contributed by atoms with Gasteiger partial charge in [0.15, 0.2) is 0 Å². The van der Waals surface area contributed by atoms with Crippen molar-refractivity contribution in [3.05, 3.63) is 64.5 Å². The first kappa shape index (κ1) is 19.7. The number of anilines is 1. The third-order valence-electron chi connectivity index (χ3n) is 5.24. The molecular weight excluding hydrogens is 393 g/mol. The molecule has 0 bridgehead atoms. The summed E-state index contributed by atoms with van der Waals surface area (Å²) in [7, 11) is 0. The molecule has 0 spiro atoms. The number of fused-ring (bicyclic) bond motifs is 1. The molecule has 0 radical (unpaired) electrons. The molecule has 0 aromatic heterocycles. The molecule has 0 aliphatic carbocycles. The van der Waals surface area contributed by atoms with Crippen molar-refractivity contribution < 1.29 is 28.7 Å². The standard InChI is InChI=1S/C21H18FN3O5/c22-14-8-11(10-26)4-5-12(14)9-23-15-3-1-2-13-18(15)21(30)25(20(13)29)16-6-7-17(27)24-19(16)28/h1-5,8,16,23,26H,6-7,9-10H2,(H,24,27,28). The summed E-state index contributed by atoms with van der Waals surface area (Å²) in [5, 5.41) is 14.2. The number of carbonyl (C=O) groups excluding carboxylic acids is 4. The Morgan fingerprint density at radius 3 is 2.63 bits per heavy atom. The van der Waals surface area contributed by atoms with Crippen LogP contribution in [0, 0.1) is 5.82 Å².